The third-order valence-corrected chi connectivity index (χ3v) is 4.65. The second kappa shape index (κ2) is 5.83. The molecule has 3 aromatic rings. The first-order chi connectivity index (χ1) is 12.5. The van der Waals surface area contributed by atoms with Gasteiger partial charge >= 0.3 is 0 Å². The molecule has 0 atom stereocenters. The minimum atomic E-state index is -0.426. The van der Waals surface area contributed by atoms with Gasteiger partial charge in [0.1, 0.15) is 11.1 Å². The summed E-state index contributed by atoms with van der Waals surface area (Å²) in [6, 6.07) is 5.60. The molecule has 0 unspecified atom stereocenters. The van der Waals surface area contributed by atoms with Crippen LogP contribution in [0.25, 0.3) is 11.1 Å². The normalized spacial score (nSPS) is 13.3. The molecular formula is C18H16N4O4. The van der Waals surface area contributed by atoms with Gasteiger partial charge in [-0.1, -0.05) is 12.1 Å². The number of H-pyrrole nitrogens is 1. The van der Waals surface area contributed by atoms with E-state index in [-0.39, 0.29) is 29.1 Å². The van der Waals surface area contributed by atoms with Gasteiger partial charge in [-0.2, -0.15) is 0 Å². The highest BCUT2D eigenvalue weighted by atomic mass is 16.3. The molecule has 2 N–H and O–H groups in total. The molecular weight excluding hydrogens is 336 g/mol. The number of anilines is 1. The Balaban J connectivity index is 1.63. The van der Waals surface area contributed by atoms with Crippen molar-refractivity contribution in [3.63, 3.8) is 0 Å². The molecule has 0 bridgehead atoms. The smallest absolute Gasteiger partial charge is 0.262 e. The minimum absolute atomic E-state index is 0.0213. The second-order valence-electron chi connectivity index (χ2n) is 6.17. The molecule has 0 aliphatic carbocycles. The summed E-state index contributed by atoms with van der Waals surface area (Å²) in [4.78, 5) is 44.6. The number of aromatic amines is 1. The number of nitrogens with zero attached hydrogens (tertiary/aromatic N) is 2. The summed E-state index contributed by atoms with van der Waals surface area (Å²) in [6.07, 6.45) is 1.55. The summed E-state index contributed by atoms with van der Waals surface area (Å²) in [7, 11) is 1.73. The molecule has 0 saturated carbocycles. The van der Waals surface area contributed by atoms with Crippen LogP contribution in [-0.2, 0) is 17.8 Å². The van der Waals surface area contributed by atoms with Crippen molar-refractivity contribution in [2.24, 2.45) is 0 Å². The molecule has 2 amide bonds. The van der Waals surface area contributed by atoms with Gasteiger partial charge in [0.05, 0.1) is 18.3 Å². The maximum absolute atomic E-state index is 12.7. The van der Waals surface area contributed by atoms with E-state index < -0.39 is 11.5 Å². The number of fused-ring (bicyclic) bond motifs is 2. The molecule has 4 rings (SSSR count). The number of nitrogens with one attached hydrogen (secondary N) is 2. The number of aryl methyl sites for hydroxylation is 1. The van der Waals surface area contributed by atoms with Crippen LogP contribution >= 0.6 is 0 Å². The van der Waals surface area contributed by atoms with Gasteiger partial charge in [-0.25, -0.2) is 4.98 Å². The molecule has 8 heteroatoms. The van der Waals surface area contributed by atoms with Gasteiger partial charge in [0, 0.05) is 19.3 Å². The van der Waals surface area contributed by atoms with Crippen LogP contribution in [0.1, 0.15) is 27.2 Å². The lowest BCUT2D eigenvalue weighted by atomic mass is 10.0. The average molecular weight is 352 g/mol. The summed E-state index contributed by atoms with van der Waals surface area (Å²) >= 11 is 0. The molecule has 1 aliphatic heterocycles. The van der Waals surface area contributed by atoms with Gasteiger partial charge in [-0.3, -0.25) is 14.4 Å². The number of carbonyl (C=O) groups excluding carboxylic acids is 2. The lowest BCUT2D eigenvalue weighted by Crippen LogP contribution is -2.25. The zero-order chi connectivity index (χ0) is 18.4. The van der Waals surface area contributed by atoms with Crippen LogP contribution in [0.3, 0.4) is 0 Å². The van der Waals surface area contributed by atoms with Gasteiger partial charge in [-0.15, -0.1) is 0 Å². The summed E-state index contributed by atoms with van der Waals surface area (Å²) in [5.41, 5.74) is 2.51. The number of furan rings is 1. The molecule has 0 saturated heterocycles. The summed E-state index contributed by atoms with van der Waals surface area (Å²) < 4.78 is 5.41. The quantitative estimate of drug-likeness (QED) is 0.738. The Labute approximate surface area is 147 Å². The molecule has 2 aromatic heterocycles. The third kappa shape index (κ3) is 2.38. The fraction of sp³-hybridized carbons (Fsp3) is 0.222. The van der Waals surface area contributed by atoms with E-state index in [0.29, 0.717) is 12.2 Å². The van der Waals surface area contributed by atoms with Crippen LogP contribution < -0.4 is 15.8 Å². The van der Waals surface area contributed by atoms with Crippen molar-refractivity contribution in [3.8, 4) is 0 Å². The van der Waals surface area contributed by atoms with E-state index in [1.165, 1.54) is 6.33 Å². The van der Waals surface area contributed by atoms with Gasteiger partial charge in [-0.05, 0) is 24.1 Å². The Morgan fingerprint density at radius 3 is 3.00 bits per heavy atom. The Kier molecular flexibility index (Phi) is 3.61. The summed E-state index contributed by atoms with van der Waals surface area (Å²) in [6.45, 7) is 1.86. The Hall–Kier alpha value is -3.42. The number of benzene rings is 1. The number of aromatic nitrogens is 2. The molecule has 0 radical (unpaired) electrons. The highest BCUT2D eigenvalue weighted by molar-refractivity contribution is 6.06. The van der Waals surface area contributed by atoms with Crippen LogP contribution in [-0.4, -0.2) is 28.8 Å². The zero-order valence-electron chi connectivity index (χ0n) is 14.3. The number of likely N-dealkylation sites (N-methyl/N-ethyl adjacent to an activating group) is 1. The van der Waals surface area contributed by atoms with Crippen LogP contribution in [0.4, 0.5) is 5.69 Å². The molecule has 26 heavy (non-hydrogen) atoms. The number of rotatable bonds is 3. The zero-order valence-corrected chi connectivity index (χ0v) is 14.3. The number of hydrogen-bond donors (Lipinski definition) is 2. The standard InChI is InChI=1S/C18H16N4O4/c1-9-14(15-17(25)20-8-21-18(15)26-9)16(24)19-7-10-4-3-5-12-11(10)6-13(23)22(12)2/h3-5,8H,6-7H2,1-2H3,(H,19,24)(H,20,21,25). The molecule has 0 spiro atoms. The van der Waals surface area contributed by atoms with Crippen LogP contribution in [0, 0.1) is 6.92 Å². The number of amides is 2. The van der Waals surface area contributed by atoms with Gasteiger partial charge < -0.3 is 19.6 Å². The van der Waals surface area contributed by atoms with Crippen LogP contribution in [0.2, 0.25) is 0 Å². The van der Waals surface area contributed by atoms with E-state index in [9.17, 15) is 14.4 Å². The summed E-state index contributed by atoms with van der Waals surface area (Å²) in [5, 5.41) is 2.95. The van der Waals surface area contributed by atoms with Crippen LogP contribution in [0.5, 0.6) is 0 Å². The highest BCUT2D eigenvalue weighted by Gasteiger charge is 2.27. The predicted octanol–water partition coefficient (Wildman–Crippen LogP) is 1.27. The van der Waals surface area contributed by atoms with E-state index in [2.05, 4.69) is 15.3 Å². The molecule has 132 valence electrons. The van der Waals surface area contributed by atoms with Crippen molar-refractivity contribution in [2.45, 2.75) is 19.9 Å². The van der Waals surface area contributed by atoms with Crippen molar-refractivity contribution in [2.75, 3.05) is 11.9 Å². The highest BCUT2D eigenvalue weighted by Crippen LogP contribution is 2.30. The molecule has 8 nitrogen and oxygen atoms in total. The van der Waals surface area contributed by atoms with Gasteiger partial charge in [0.25, 0.3) is 11.5 Å². The fourth-order valence-electron chi connectivity index (χ4n) is 3.30. The first-order valence-electron chi connectivity index (χ1n) is 8.09. The lowest BCUT2D eigenvalue weighted by Gasteiger charge is -2.12. The van der Waals surface area contributed by atoms with Crippen molar-refractivity contribution in [1.29, 1.82) is 0 Å². The third-order valence-electron chi connectivity index (χ3n) is 4.65. The largest absolute Gasteiger partial charge is 0.442 e. The van der Waals surface area contributed by atoms with E-state index in [4.69, 9.17) is 4.42 Å². The molecule has 0 fully saturated rings. The fourth-order valence-corrected chi connectivity index (χ4v) is 3.30. The van der Waals surface area contributed by atoms with Gasteiger partial charge in [0.15, 0.2) is 0 Å². The van der Waals surface area contributed by atoms with E-state index in [0.717, 1.165) is 16.8 Å². The SMILES string of the molecule is Cc1oc2nc[nH]c(=O)c2c1C(=O)NCc1cccc2c1CC(=O)N2C. The van der Waals surface area contributed by atoms with Gasteiger partial charge in [0.2, 0.25) is 11.6 Å². The maximum Gasteiger partial charge on any atom is 0.262 e. The summed E-state index contributed by atoms with van der Waals surface area (Å²) in [5.74, 6) is -0.0713. The second-order valence-corrected chi connectivity index (χ2v) is 6.17. The monoisotopic (exact) mass is 352 g/mol. The van der Waals surface area contributed by atoms with Crippen molar-refractivity contribution < 1.29 is 14.0 Å². The Bertz CT molecular complexity index is 1110. The van der Waals surface area contributed by atoms with Crippen molar-refractivity contribution >= 4 is 28.6 Å². The minimum Gasteiger partial charge on any atom is -0.442 e. The number of hydrogen-bond acceptors (Lipinski definition) is 5. The van der Waals surface area contributed by atoms with Crippen molar-refractivity contribution in [3.05, 3.63) is 57.3 Å². The first kappa shape index (κ1) is 16.1. The Morgan fingerprint density at radius 1 is 1.38 bits per heavy atom. The Morgan fingerprint density at radius 2 is 2.19 bits per heavy atom. The maximum atomic E-state index is 12.7. The molecule has 3 heterocycles. The van der Waals surface area contributed by atoms with E-state index in [1.54, 1.807) is 18.9 Å². The van der Waals surface area contributed by atoms with E-state index in [1.807, 2.05) is 18.2 Å². The number of carbonyl (C=O) groups is 2. The molecule has 1 aromatic carbocycles. The predicted molar refractivity (Wildman–Crippen MR) is 94.1 cm³/mol. The van der Waals surface area contributed by atoms with Crippen LogP contribution in [0.15, 0.2) is 33.7 Å². The average Bonchev–Trinajstić information content (AvgIpc) is 3.11. The first-order valence-corrected chi connectivity index (χ1v) is 8.09. The topological polar surface area (TPSA) is 108 Å². The lowest BCUT2D eigenvalue weighted by molar-refractivity contribution is -0.117. The molecule has 1 aliphatic rings. The van der Waals surface area contributed by atoms with E-state index >= 15 is 0 Å². The van der Waals surface area contributed by atoms with Crippen molar-refractivity contribution in [1.82, 2.24) is 15.3 Å².